The molecule has 126 valence electrons. The molecule has 0 bridgehead atoms. The van der Waals surface area contributed by atoms with E-state index in [0.717, 1.165) is 27.7 Å². The average Bonchev–Trinajstić information content (AvgIpc) is 2.66. The first kappa shape index (κ1) is 16.7. The highest BCUT2D eigenvalue weighted by molar-refractivity contribution is 5.93. The number of benzene rings is 2. The minimum absolute atomic E-state index is 0.415. The highest BCUT2D eigenvalue weighted by Gasteiger charge is 2.03. The third-order valence-electron chi connectivity index (χ3n) is 3.89. The molecule has 5 heteroatoms. The summed E-state index contributed by atoms with van der Waals surface area (Å²) in [6.45, 7) is 2.75. The van der Waals surface area contributed by atoms with Gasteiger partial charge in [-0.3, -0.25) is 15.0 Å². The maximum absolute atomic E-state index is 11.3. The summed E-state index contributed by atoms with van der Waals surface area (Å²) in [5, 5.41) is 13.2. The maximum atomic E-state index is 11.3. The van der Waals surface area contributed by atoms with E-state index in [1.807, 2.05) is 43.3 Å². The number of hydrogen-bond acceptors (Lipinski definition) is 4. The molecule has 0 atom stereocenters. The van der Waals surface area contributed by atoms with Crippen LogP contribution >= 0.6 is 0 Å². The fourth-order valence-corrected chi connectivity index (χ4v) is 2.62. The van der Waals surface area contributed by atoms with Crippen molar-refractivity contribution in [3.8, 4) is 0 Å². The summed E-state index contributed by atoms with van der Waals surface area (Å²) >= 11 is 0. The van der Waals surface area contributed by atoms with Crippen molar-refractivity contribution in [1.29, 1.82) is 0 Å². The number of hydrogen-bond donors (Lipinski definition) is 3. The molecule has 0 radical (unpaired) electrons. The van der Waals surface area contributed by atoms with E-state index in [0.29, 0.717) is 12.1 Å². The van der Waals surface area contributed by atoms with Crippen LogP contribution < -0.4 is 10.8 Å². The number of nitrogens with zero attached hydrogens (tertiary/aromatic N) is 1. The molecular weight excluding hydrogens is 314 g/mol. The Labute approximate surface area is 146 Å². The first-order valence-electron chi connectivity index (χ1n) is 7.96. The molecule has 25 heavy (non-hydrogen) atoms. The Bertz CT molecular complexity index is 912. The third kappa shape index (κ3) is 4.02. The van der Waals surface area contributed by atoms with Crippen LogP contribution in [0.25, 0.3) is 17.0 Å². The van der Waals surface area contributed by atoms with E-state index in [4.69, 9.17) is 5.21 Å². The van der Waals surface area contributed by atoms with Gasteiger partial charge in [0.25, 0.3) is 5.91 Å². The summed E-state index contributed by atoms with van der Waals surface area (Å²) in [4.78, 5) is 15.7. The van der Waals surface area contributed by atoms with Crippen LogP contribution in [0.2, 0.25) is 0 Å². The predicted octanol–water partition coefficient (Wildman–Crippen LogP) is 3.87. The number of anilines is 1. The molecule has 0 aliphatic rings. The van der Waals surface area contributed by atoms with E-state index < -0.39 is 5.91 Å². The molecular formula is C20H19N3O2. The van der Waals surface area contributed by atoms with Crippen molar-refractivity contribution in [2.24, 2.45) is 0 Å². The summed E-state index contributed by atoms with van der Waals surface area (Å²) < 4.78 is 0. The molecule has 0 unspecified atom stereocenters. The van der Waals surface area contributed by atoms with E-state index in [1.165, 1.54) is 0 Å². The molecule has 5 nitrogen and oxygen atoms in total. The minimum atomic E-state index is -0.515. The molecule has 3 N–H and O–H groups in total. The number of nitrogens with one attached hydrogen (secondary N) is 2. The Balaban J connectivity index is 1.70. The minimum Gasteiger partial charge on any atom is -0.381 e. The van der Waals surface area contributed by atoms with Gasteiger partial charge in [-0.25, -0.2) is 5.48 Å². The van der Waals surface area contributed by atoms with Gasteiger partial charge in [0, 0.05) is 29.4 Å². The zero-order valence-electron chi connectivity index (χ0n) is 13.9. The highest BCUT2D eigenvalue weighted by atomic mass is 16.5. The van der Waals surface area contributed by atoms with Crippen LogP contribution in [0, 0.1) is 0 Å². The van der Waals surface area contributed by atoms with Crippen molar-refractivity contribution in [3.63, 3.8) is 0 Å². The Morgan fingerprint density at radius 3 is 2.68 bits per heavy atom. The van der Waals surface area contributed by atoms with Gasteiger partial charge < -0.3 is 5.32 Å². The summed E-state index contributed by atoms with van der Waals surface area (Å²) in [6, 6.07) is 17.0. The highest BCUT2D eigenvalue weighted by Crippen LogP contribution is 2.21. The average molecular weight is 333 g/mol. The van der Waals surface area contributed by atoms with Crippen LogP contribution in [0.1, 0.15) is 22.8 Å². The topological polar surface area (TPSA) is 74.2 Å². The molecule has 0 aliphatic carbocycles. The molecule has 3 aromatic rings. The van der Waals surface area contributed by atoms with Gasteiger partial charge in [0.15, 0.2) is 0 Å². The van der Waals surface area contributed by atoms with E-state index in [9.17, 15) is 4.79 Å². The van der Waals surface area contributed by atoms with E-state index in [1.54, 1.807) is 23.8 Å². The lowest BCUT2D eigenvalue weighted by Gasteiger charge is -2.10. The molecule has 1 aromatic heterocycles. The lowest BCUT2D eigenvalue weighted by atomic mass is 10.1. The normalized spacial score (nSPS) is 11.4. The number of fused-ring (bicyclic) bond motifs is 1. The number of aromatic nitrogens is 1. The van der Waals surface area contributed by atoms with Gasteiger partial charge in [-0.1, -0.05) is 29.8 Å². The third-order valence-corrected chi connectivity index (χ3v) is 3.89. The van der Waals surface area contributed by atoms with Crippen LogP contribution in [0.15, 0.2) is 66.4 Å². The van der Waals surface area contributed by atoms with Crippen LogP contribution in [-0.2, 0) is 0 Å². The zero-order chi connectivity index (χ0) is 17.6. The SMILES string of the molecule is CC(=Cc1ccc(C(=O)NO)cc1)CNc1cccc2ncccc12. The largest absolute Gasteiger partial charge is 0.381 e. The number of amides is 1. The van der Waals surface area contributed by atoms with Crippen LogP contribution in [0.3, 0.4) is 0 Å². The number of carbonyl (C=O) groups is 1. The molecule has 0 fully saturated rings. The Hall–Kier alpha value is -3.18. The first-order chi connectivity index (χ1) is 12.2. The van der Waals surface area contributed by atoms with Gasteiger partial charge in [0.1, 0.15) is 0 Å². The molecule has 3 rings (SSSR count). The summed E-state index contributed by atoms with van der Waals surface area (Å²) in [5.41, 5.74) is 6.20. The number of carbonyl (C=O) groups excluding carboxylic acids is 1. The molecule has 0 saturated heterocycles. The second kappa shape index (κ2) is 7.59. The van der Waals surface area contributed by atoms with Gasteiger partial charge in [0.2, 0.25) is 0 Å². The standard InChI is InChI=1S/C20H19N3O2/c1-14(12-15-7-9-16(10-8-15)20(24)23-25)13-22-19-6-2-5-18-17(19)4-3-11-21-18/h2-12,22,25H,13H2,1H3,(H,23,24). The van der Waals surface area contributed by atoms with Gasteiger partial charge in [-0.05, 0) is 48.9 Å². The van der Waals surface area contributed by atoms with Crippen molar-refractivity contribution < 1.29 is 10.0 Å². The van der Waals surface area contributed by atoms with Crippen molar-refractivity contribution in [2.75, 3.05) is 11.9 Å². The predicted molar refractivity (Wildman–Crippen MR) is 99.6 cm³/mol. The lowest BCUT2D eigenvalue weighted by molar-refractivity contribution is 0.0706. The second-order valence-electron chi connectivity index (χ2n) is 5.78. The lowest BCUT2D eigenvalue weighted by Crippen LogP contribution is -2.18. The number of hydroxylamine groups is 1. The van der Waals surface area contributed by atoms with Gasteiger partial charge in [-0.2, -0.15) is 0 Å². The Kier molecular flexibility index (Phi) is 5.06. The smallest absolute Gasteiger partial charge is 0.274 e. The van der Waals surface area contributed by atoms with Crippen molar-refractivity contribution in [1.82, 2.24) is 10.5 Å². The van der Waals surface area contributed by atoms with Crippen LogP contribution in [0.5, 0.6) is 0 Å². The Morgan fingerprint density at radius 2 is 1.92 bits per heavy atom. The summed E-state index contributed by atoms with van der Waals surface area (Å²) in [6.07, 6.45) is 3.84. The second-order valence-corrected chi connectivity index (χ2v) is 5.78. The van der Waals surface area contributed by atoms with Crippen molar-refractivity contribution in [2.45, 2.75) is 6.92 Å². The molecule has 0 spiro atoms. The zero-order valence-corrected chi connectivity index (χ0v) is 13.9. The summed E-state index contributed by atoms with van der Waals surface area (Å²) in [7, 11) is 0. The molecule has 1 amide bonds. The monoisotopic (exact) mass is 333 g/mol. The summed E-state index contributed by atoms with van der Waals surface area (Å²) in [5.74, 6) is -0.515. The van der Waals surface area contributed by atoms with Crippen LogP contribution in [-0.4, -0.2) is 22.6 Å². The van der Waals surface area contributed by atoms with E-state index >= 15 is 0 Å². The fourth-order valence-electron chi connectivity index (χ4n) is 2.62. The molecule has 0 saturated carbocycles. The van der Waals surface area contributed by atoms with Gasteiger partial charge >= 0.3 is 0 Å². The molecule has 0 aliphatic heterocycles. The van der Waals surface area contributed by atoms with Gasteiger partial charge in [0.05, 0.1) is 5.52 Å². The van der Waals surface area contributed by atoms with E-state index in [2.05, 4.69) is 22.4 Å². The number of rotatable bonds is 5. The number of pyridine rings is 1. The first-order valence-corrected chi connectivity index (χ1v) is 7.96. The fraction of sp³-hybridized carbons (Fsp3) is 0.100. The van der Waals surface area contributed by atoms with Gasteiger partial charge in [-0.15, -0.1) is 0 Å². The van der Waals surface area contributed by atoms with Crippen molar-refractivity contribution in [3.05, 3.63) is 77.5 Å². The van der Waals surface area contributed by atoms with E-state index in [-0.39, 0.29) is 0 Å². The molecule has 2 aromatic carbocycles. The van der Waals surface area contributed by atoms with Crippen LogP contribution in [0.4, 0.5) is 5.69 Å². The quantitative estimate of drug-likeness (QED) is 0.489. The Morgan fingerprint density at radius 1 is 1.12 bits per heavy atom. The maximum Gasteiger partial charge on any atom is 0.274 e. The molecule has 1 heterocycles. The van der Waals surface area contributed by atoms with Crippen molar-refractivity contribution >= 4 is 28.6 Å².